The minimum atomic E-state index is -0.376. The van der Waals surface area contributed by atoms with Gasteiger partial charge in [0.15, 0.2) is 0 Å². The maximum atomic E-state index is 13.9. The van der Waals surface area contributed by atoms with Crippen LogP contribution in [0.15, 0.2) is 24.4 Å². The van der Waals surface area contributed by atoms with Crippen LogP contribution in [-0.2, 0) is 7.05 Å². The summed E-state index contributed by atoms with van der Waals surface area (Å²) in [6.45, 7) is 0. The molecule has 1 unspecified atom stereocenters. The van der Waals surface area contributed by atoms with Crippen molar-refractivity contribution in [1.29, 1.82) is 0 Å². The van der Waals surface area contributed by atoms with Crippen molar-refractivity contribution in [2.75, 3.05) is 7.05 Å². The summed E-state index contributed by atoms with van der Waals surface area (Å²) >= 11 is 11.8. The van der Waals surface area contributed by atoms with Crippen molar-refractivity contribution in [3.05, 3.63) is 51.5 Å². The number of nitrogens with zero attached hydrogens (tertiary/aromatic N) is 2. The highest BCUT2D eigenvalue weighted by Crippen LogP contribution is 2.30. The van der Waals surface area contributed by atoms with Gasteiger partial charge in [0.2, 0.25) is 0 Å². The number of nitrogens with one attached hydrogen (secondary N) is 1. The molecule has 0 aliphatic rings. The van der Waals surface area contributed by atoms with E-state index in [1.807, 2.05) is 0 Å². The van der Waals surface area contributed by atoms with E-state index in [9.17, 15) is 4.39 Å². The molecule has 6 heteroatoms. The molecule has 0 aliphatic heterocycles. The van der Waals surface area contributed by atoms with Crippen molar-refractivity contribution < 1.29 is 4.39 Å². The molecule has 1 aromatic heterocycles. The van der Waals surface area contributed by atoms with Crippen LogP contribution in [0.3, 0.4) is 0 Å². The summed E-state index contributed by atoms with van der Waals surface area (Å²) in [4.78, 5) is 0. The predicted molar refractivity (Wildman–Crippen MR) is 70.5 cm³/mol. The van der Waals surface area contributed by atoms with Crippen LogP contribution in [0, 0.1) is 5.82 Å². The zero-order chi connectivity index (χ0) is 13.3. The molecule has 2 aromatic rings. The molecule has 0 saturated carbocycles. The second-order valence-corrected chi connectivity index (χ2v) is 4.73. The van der Waals surface area contributed by atoms with Crippen molar-refractivity contribution >= 4 is 23.2 Å². The zero-order valence-electron chi connectivity index (χ0n) is 9.92. The smallest absolute Gasteiger partial charge is 0.129 e. The van der Waals surface area contributed by atoms with E-state index in [1.165, 1.54) is 12.3 Å². The second-order valence-electron chi connectivity index (χ2n) is 3.89. The van der Waals surface area contributed by atoms with Crippen LogP contribution >= 0.6 is 23.2 Å². The van der Waals surface area contributed by atoms with Gasteiger partial charge < -0.3 is 5.32 Å². The average molecular weight is 288 g/mol. The van der Waals surface area contributed by atoms with E-state index in [2.05, 4.69) is 10.4 Å². The lowest BCUT2D eigenvalue weighted by molar-refractivity contribution is 0.552. The third-order valence-electron chi connectivity index (χ3n) is 2.77. The molecule has 3 nitrogen and oxygen atoms in total. The maximum Gasteiger partial charge on any atom is 0.129 e. The molecule has 0 spiro atoms. The summed E-state index contributed by atoms with van der Waals surface area (Å²) in [6, 6.07) is 4.20. The predicted octanol–water partition coefficient (Wildman–Crippen LogP) is 3.17. The van der Waals surface area contributed by atoms with Crippen molar-refractivity contribution in [3.8, 4) is 0 Å². The minimum Gasteiger partial charge on any atom is -0.308 e. The Labute approximate surface area is 115 Å². The summed E-state index contributed by atoms with van der Waals surface area (Å²) in [5.41, 5.74) is 1.19. The monoisotopic (exact) mass is 287 g/mol. The standard InChI is InChI=1S/C12H12Cl2FN3/c1-16-11(12-9(14)6-17-18(12)2)8-4-3-7(13)5-10(8)15/h3-6,11,16H,1-2H3. The molecule has 0 fully saturated rings. The van der Waals surface area contributed by atoms with Crippen LogP contribution in [0.25, 0.3) is 0 Å². The molecule has 1 aromatic carbocycles. The highest BCUT2D eigenvalue weighted by atomic mass is 35.5. The number of aromatic nitrogens is 2. The fraction of sp³-hybridized carbons (Fsp3) is 0.250. The number of aryl methyl sites for hydroxylation is 1. The SMILES string of the molecule is CNC(c1ccc(Cl)cc1F)c1c(Cl)cnn1C. The molecule has 0 radical (unpaired) electrons. The van der Waals surface area contributed by atoms with E-state index in [4.69, 9.17) is 23.2 Å². The molecule has 0 bridgehead atoms. The van der Waals surface area contributed by atoms with Crippen LogP contribution in [0.4, 0.5) is 4.39 Å². The van der Waals surface area contributed by atoms with E-state index >= 15 is 0 Å². The molecule has 96 valence electrons. The average Bonchev–Trinajstić information content (AvgIpc) is 2.64. The van der Waals surface area contributed by atoms with Crippen LogP contribution < -0.4 is 5.32 Å². The van der Waals surface area contributed by atoms with Gasteiger partial charge >= 0.3 is 0 Å². The van der Waals surface area contributed by atoms with Gasteiger partial charge in [-0.05, 0) is 19.2 Å². The number of rotatable bonds is 3. The highest BCUT2D eigenvalue weighted by Gasteiger charge is 2.22. The second kappa shape index (κ2) is 5.26. The van der Waals surface area contributed by atoms with Gasteiger partial charge in [-0.1, -0.05) is 29.3 Å². The van der Waals surface area contributed by atoms with Crippen molar-refractivity contribution in [2.45, 2.75) is 6.04 Å². The van der Waals surface area contributed by atoms with E-state index in [1.54, 1.807) is 30.9 Å². The van der Waals surface area contributed by atoms with E-state index < -0.39 is 0 Å². The molecule has 1 atom stereocenters. The lowest BCUT2D eigenvalue weighted by atomic mass is 10.0. The maximum absolute atomic E-state index is 13.9. The Morgan fingerprint density at radius 1 is 1.39 bits per heavy atom. The normalized spacial score (nSPS) is 12.7. The summed E-state index contributed by atoms with van der Waals surface area (Å²) in [5.74, 6) is -0.376. The molecule has 2 rings (SSSR count). The number of hydrogen-bond donors (Lipinski definition) is 1. The van der Waals surface area contributed by atoms with Gasteiger partial charge in [-0.3, -0.25) is 4.68 Å². The van der Waals surface area contributed by atoms with Gasteiger partial charge in [0.25, 0.3) is 0 Å². The Morgan fingerprint density at radius 3 is 2.61 bits per heavy atom. The Bertz CT molecular complexity index is 549. The first-order valence-electron chi connectivity index (χ1n) is 5.34. The van der Waals surface area contributed by atoms with Gasteiger partial charge in [0.05, 0.1) is 23.0 Å². The third kappa shape index (κ3) is 2.36. The summed E-state index contributed by atoms with van der Waals surface area (Å²) in [5, 5.41) is 7.94. The van der Waals surface area contributed by atoms with Crippen LogP contribution in [0.1, 0.15) is 17.3 Å². The van der Waals surface area contributed by atoms with Crippen LogP contribution in [0.2, 0.25) is 10.0 Å². The number of benzene rings is 1. The van der Waals surface area contributed by atoms with E-state index in [0.717, 1.165) is 0 Å². The van der Waals surface area contributed by atoms with E-state index in [0.29, 0.717) is 21.3 Å². The molecule has 0 aliphatic carbocycles. The van der Waals surface area contributed by atoms with Crippen molar-refractivity contribution in [2.24, 2.45) is 7.05 Å². The first-order chi connectivity index (χ1) is 8.54. The molecule has 0 saturated heterocycles. The number of halogens is 3. The van der Waals surface area contributed by atoms with Crippen LogP contribution in [0.5, 0.6) is 0 Å². The fourth-order valence-corrected chi connectivity index (χ4v) is 2.35. The topological polar surface area (TPSA) is 29.9 Å². The Balaban J connectivity index is 2.52. The minimum absolute atomic E-state index is 0.363. The van der Waals surface area contributed by atoms with E-state index in [-0.39, 0.29) is 11.9 Å². The lowest BCUT2D eigenvalue weighted by Gasteiger charge is -2.18. The lowest BCUT2D eigenvalue weighted by Crippen LogP contribution is -2.22. The Hall–Kier alpha value is -1.10. The largest absolute Gasteiger partial charge is 0.308 e. The van der Waals surface area contributed by atoms with Crippen molar-refractivity contribution in [1.82, 2.24) is 15.1 Å². The Morgan fingerprint density at radius 2 is 2.11 bits per heavy atom. The molecule has 1 N–H and O–H groups in total. The Kier molecular flexibility index (Phi) is 3.90. The van der Waals surface area contributed by atoms with Gasteiger partial charge in [-0.2, -0.15) is 5.10 Å². The molecule has 0 amide bonds. The molecular formula is C12H12Cl2FN3. The third-order valence-corrected chi connectivity index (χ3v) is 3.30. The quantitative estimate of drug-likeness (QED) is 0.940. The van der Waals surface area contributed by atoms with Crippen molar-refractivity contribution in [3.63, 3.8) is 0 Å². The van der Waals surface area contributed by atoms with Gasteiger partial charge in [-0.25, -0.2) is 4.39 Å². The van der Waals surface area contributed by atoms with Gasteiger partial charge in [0.1, 0.15) is 5.82 Å². The molecule has 18 heavy (non-hydrogen) atoms. The summed E-state index contributed by atoms with van der Waals surface area (Å²) in [6.07, 6.45) is 1.54. The number of hydrogen-bond acceptors (Lipinski definition) is 2. The van der Waals surface area contributed by atoms with Gasteiger partial charge in [-0.15, -0.1) is 0 Å². The zero-order valence-corrected chi connectivity index (χ0v) is 11.4. The summed E-state index contributed by atoms with van der Waals surface area (Å²) in [7, 11) is 3.50. The first-order valence-corrected chi connectivity index (χ1v) is 6.09. The highest BCUT2D eigenvalue weighted by molar-refractivity contribution is 6.31. The summed E-state index contributed by atoms with van der Waals surface area (Å²) < 4.78 is 15.6. The molecule has 1 heterocycles. The molecular weight excluding hydrogens is 276 g/mol. The van der Waals surface area contributed by atoms with Gasteiger partial charge in [0, 0.05) is 17.6 Å². The van der Waals surface area contributed by atoms with Crippen LogP contribution in [-0.4, -0.2) is 16.8 Å². The fourth-order valence-electron chi connectivity index (χ4n) is 1.92. The first kappa shape index (κ1) is 13.3.